The van der Waals surface area contributed by atoms with Gasteiger partial charge in [-0.1, -0.05) is 18.2 Å². The second-order valence-corrected chi connectivity index (χ2v) is 9.26. The summed E-state index contributed by atoms with van der Waals surface area (Å²) >= 11 is 1.80. The topological polar surface area (TPSA) is 53.5 Å². The summed E-state index contributed by atoms with van der Waals surface area (Å²) in [5.41, 5.74) is 2.00. The molecule has 0 radical (unpaired) electrons. The van der Waals surface area contributed by atoms with Crippen molar-refractivity contribution in [2.75, 3.05) is 22.3 Å². The Labute approximate surface area is 164 Å². The third-order valence-electron chi connectivity index (χ3n) is 4.77. The van der Waals surface area contributed by atoms with Crippen molar-refractivity contribution in [3.05, 3.63) is 70.5 Å². The van der Waals surface area contributed by atoms with Gasteiger partial charge in [0.25, 0.3) is 10.0 Å². The molecule has 0 saturated heterocycles. The number of benzene rings is 1. The first-order valence-electron chi connectivity index (χ1n) is 8.93. The molecule has 0 aliphatic carbocycles. The fraction of sp³-hybridized carbons (Fsp3) is 0.250. The van der Waals surface area contributed by atoms with Crippen LogP contribution in [0.4, 0.5) is 11.5 Å². The quantitative estimate of drug-likeness (QED) is 0.652. The minimum atomic E-state index is -3.64. The zero-order chi connectivity index (χ0) is 18.9. The summed E-state index contributed by atoms with van der Waals surface area (Å²) in [7, 11) is -3.64. The van der Waals surface area contributed by atoms with Crippen molar-refractivity contribution in [3.63, 3.8) is 0 Å². The third-order valence-corrected chi connectivity index (χ3v) is 7.68. The molecular formula is C20H21N3O2S2. The standard InChI is InChI=1S/C20H21N3O2S2/c1-2-23(17-6-4-3-5-7-17)27(24,25)18-8-9-20(21-14-18)22-12-10-19-16(15-22)11-13-26-19/h3-9,11,13-14H,2,10,12,15H2,1H3. The van der Waals surface area contributed by atoms with E-state index in [0.29, 0.717) is 12.2 Å². The smallest absolute Gasteiger partial charge is 0.265 e. The number of hydrogen-bond acceptors (Lipinski definition) is 5. The van der Waals surface area contributed by atoms with Crippen LogP contribution in [0.2, 0.25) is 0 Å². The van der Waals surface area contributed by atoms with Gasteiger partial charge in [0.1, 0.15) is 10.7 Å². The summed E-state index contributed by atoms with van der Waals surface area (Å²) in [6.45, 7) is 3.92. The lowest BCUT2D eigenvalue weighted by molar-refractivity contribution is 0.591. The van der Waals surface area contributed by atoms with Gasteiger partial charge in [0, 0.05) is 30.7 Å². The molecule has 0 bridgehead atoms. The lowest BCUT2D eigenvalue weighted by atomic mass is 10.1. The van der Waals surface area contributed by atoms with Crippen LogP contribution in [-0.4, -0.2) is 26.5 Å². The molecule has 27 heavy (non-hydrogen) atoms. The number of pyridine rings is 1. The number of rotatable bonds is 5. The Morgan fingerprint density at radius 1 is 1.15 bits per heavy atom. The molecule has 140 valence electrons. The third kappa shape index (κ3) is 3.44. The Morgan fingerprint density at radius 2 is 1.96 bits per heavy atom. The highest BCUT2D eigenvalue weighted by Crippen LogP contribution is 2.28. The number of nitrogens with zero attached hydrogens (tertiary/aromatic N) is 3. The zero-order valence-corrected chi connectivity index (χ0v) is 16.7. The van der Waals surface area contributed by atoms with Gasteiger partial charge in [0.15, 0.2) is 0 Å². The molecule has 0 amide bonds. The fourth-order valence-electron chi connectivity index (χ4n) is 3.37. The van der Waals surface area contributed by atoms with Gasteiger partial charge in [-0.3, -0.25) is 4.31 Å². The van der Waals surface area contributed by atoms with Gasteiger partial charge in [-0.05, 0) is 54.6 Å². The average molecular weight is 400 g/mol. The molecule has 3 heterocycles. The summed E-state index contributed by atoms with van der Waals surface area (Å²) in [5.74, 6) is 0.813. The van der Waals surface area contributed by atoms with Crippen molar-refractivity contribution in [2.24, 2.45) is 0 Å². The van der Waals surface area contributed by atoms with Crippen LogP contribution < -0.4 is 9.21 Å². The van der Waals surface area contributed by atoms with Crippen molar-refractivity contribution < 1.29 is 8.42 Å². The van der Waals surface area contributed by atoms with Gasteiger partial charge >= 0.3 is 0 Å². The van der Waals surface area contributed by atoms with E-state index in [0.717, 1.165) is 25.3 Å². The van der Waals surface area contributed by atoms with E-state index in [1.807, 2.05) is 31.2 Å². The Balaban J connectivity index is 1.58. The molecule has 0 fully saturated rings. The minimum Gasteiger partial charge on any atom is -0.352 e. The maximum Gasteiger partial charge on any atom is 0.265 e. The molecule has 0 saturated carbocycles. The van der Waals surface area contributed by atoms with Crippen molar-refractivity contribution in [2.45, 2.75) is 24.8 Å². The maximum absolute atomic E-state index is 13.1. The SMILES string of the molecule is CCN(c1ccccc1)S(=O)(=O)c1ccc(N2CCc3sccc3C2)nc1. The normalized spacial score (nSPS) is 14.0. The largest absolute Gasteiger partial charge is 0.352 e. The lowest BCUT2D eigenvalue weighted by Crippen LogP contribution is -2.32. The first kappa shape index (κ1) is 18.0. The lowest BCUT2D eigenvalue weighted by Gasteiger charge is -2.28. The van der Waals surface area contributed by atoms with Crippen molar-refractivity contribution >= 4 is 32.9 Å². The molecule has 5 nitrogen and oxygen atoms in total. The molecule has 4 rings (SSSR count). The summed E-state index contributed by atoms with van der Waals surface area (Å²) in [4.78, 5) is 8.30. The second kappa shape index (κ2) is 7.32. The van der Waals surface area contributed by atoms with E-state index >= 15 is 0 Å². The molecule has 0 N–H and O–H groups in total. The zero-order valence-electron chi connectivity index (χ0n) is 15.1. The van der Waals surface area contributed by atoms with E-state index in [4.69, 9.17) is 0 Å². The Kier molecular flexibility index (Phi) is 4.88. The van der Waals surface area contributed by atoms with Crippen LogP contribution in [0, 0.1) is 0 Å². The van der Waals surface area contributed by atoms with E-state index in [1.165, 1.54) is 20.9 Å². The first-order chi connectivity index (χ1) is 13.1. The average Bonchev–Trinajstić information content (AvgIpc) is 3.17. The number of para-hydroxylation sites is 1. The molecule has 7 heteroatoms. The van der Waals surface area contributed by atoms with Crippen LogP contribution in [-0.2, 0) is 23.0 Å². The molecule has 1 aliphatic rings. The van der Waals surface area contributed by atoms with Gasteiger partial charge in [-0.2, -0.15) is 0 Å². The predicted octanol–water partition coefficient (Wildman–Crippen LogP) is 3.92. The van der Waals surface area contributed by atoms with Gasteiger partial charge in [-0.25, -0.2) is 13.4 Å². The summed E-state index contributed by atoms with van der Waals surface area (Å²) in [5, 5.41) is 2.13. The molecule has 1 aromatic carbocycles. The summed E-state index contributed by atoms with van der Waals surface area (Å²) in [6.07, 6.45) is 2.48. The number of sulfonamides is 1. The van der Waals surface area contributed by atoms with Crippen LogP contribution in [0.1, 0.15) is 17.4 Å². The number of thiophene rings is 1. The predicted molar refractivity (Wildman–Crippen MR) is 110 cm³/mol. The Morgan fingerprint density at radius 3 is 2.67 bits per heavy atom. The van der Waals surface area contributed by atoms with E-state index in [9.17, 15) is 8.42 Å². The van der Waals surface area contributed by atoms with Gasteiger partial charge in [0.05, 0.1) is 5.69 Å². The molecule has 2 aromatic heterocycles. The molecule has 0 unspecified atom stereocenters. The van der Waals surface area contributed by atoms with E-state index in [-0.39, 0.29) is 4.90 Å². The maximum atomic E-state index is 13.1. The van der Waals surface area contributed by atoms with Crippen molar-refractivity contribution in [1.82, 2.24) is 4.98 Å². The van der Waals surface area contributed by atoms with Crippen molar-refractivity contribution in [1.29, 1.82) is 0 Å². The first-order valence-corrected chi connectivity index (χ1v) is 11.3. The molecule has 0 spiro atoms. The Hall–Kier alpha value is -2.38. The van der Waals surface area contributed by atoms with Crippen LogP contribution in [0.5, 0.6) is 0 Å². The highest BCUT2D eigenvalue weighted by molar-refractivity contribution is 7.92. The Bertz CT molecular complexity index is 1010. The van der Waals surface area contributed by atoms with Gasteiger partial charge < -0.3 is 4.90 Å². The van der Waals surface area contributed by atoms with Crippen LogP contribution in [0.15, 0.2) is 65.0 Å². The molecule has 3 aromatic rings. The minimum absolute atomic E-state index is 0.213. The fourth-order valence-corrected chi connectivity index (χ4v) is 5.68. The van der Waals surface area contributed by atoms with E-state index in [1.54, 1.807) is 29.5 Å². The number of aromatic nitrogens is 1. The molecule has 0 atom stereocenters. The summed E-state index contributed by atoms with van der Waals surface area (Å²) in [6, 6.07) is 14.8. The van der Waals surface area contributed by atoms with Gasteiger partial charge in [0.2, 0.25) is 0 Å². The van der Waals surface area contributed by atoms with Crippen LogP contribution in [0.25, 0.3) is 0 Å². The number of hydrogen-bond donors (Lipinski definition) is 0. The van der Waals surface area contributed by atoms with E-state index < -0.39 is 10.0 Å². The van der Waals surface area contributed by atoms with E-state index in [2.05, 4.69) is 21.3 Å². The van der Waals surface area contributed by atoms with Crippen LogP contribution >= 0.6 is 11.3 Å². The summed E-state index contributed by atoms with van der Waals surface area (Å²) < 4.78 is 27.5. The number of anilines is 2. The second-order valence-electron chi connectivity index (χ2n) is 6.40. The number of fused-ring (bicyclic) bond motifs is 1. The van der Waals surface area contributed by atoms with Gasteiger partial charge in [-0.15, -0.1) is 11.3 Å². The highest BCUT2D eigenvalue weighted by atomic mass is 32.2. The monoisotopic (exact) mass is 399 g/mol. The van der Waals surface area contributed by atoms with Crippen molar-refractivity contribution in [3.8, 4) is 0 Å². The highest BCUT2D eigenvalue weighted by Gasteiger charge is 2.25. The van der Waals surface area contributed by atoms with Crippen LogP contribution in [0.3, 0.4) is 0 Å². The molecule has 1 aliphatic heterocycles. The molecular weight excluding hydrogens is 378 g/mol.